The Balaban J connectivity index is 1.09. The zero-order valence-electron chi connectivity index (χ0n) is 32.6. The molecule has 11 rings (SSSR count). The number of fused-ring (bicyclic) bond motifs is 9. The number of rotatable bonds is 6. The molecule has 0 spiro atoms. The lowest BCUT2D eigenvalue weighted by Crippen LogP contribution is -2.21. The summed E-state index contributed by atoms with van der Waals surface area (Å²) in [6, 6.07) is 22.0. The van der Waals surface area contributed by atoms with Gasteiger partial charge in [-0.1, -0.05) is 86.3 Å². The molecule has 15 heteroatoms. The highest BCUT2D eigenvalue weighted by molar-refractivity contribution is 7.35. The molecule has 61 heavy (non-hydrogen) atoms. The van der Waals surface area contributed by atoms with Crippen molar-refractivity contribution in [3.8, 4) is 0 Å². The van der Waals surface area contributed by atoms with Crippen LogP contribution in [0.3, 0.4) is 0 Å². The second-order valence-corrected chi connectivity index (χ2v) is 19.3. The molecule has 4 aliphatic rings. The zero-order chi connectivity index (χ0) is 41.5. The number of Topliss-reactive ketones (excluding diaryl/α,β-unsaturated/α-hetero) is 4. The molecule has 0 amide bonds. The van der Waals surface area contributed by atoms with E-state index in [2.05, 4.69) is 9.98 Å². The van der Waals surface area contributed by atoms with E-state index in [-0.39, 0.29) is 71.4 Å². The number of aromatic nitrogens is 2. The first-order valence-corrected chi connectivity index (χ1v) is 23.0. The molecule has 306 valence electrons. The Morgan fingerprint density at radius 1 is 0.525 bits per heavy atom. The third kappa shape index (κ3) is 6.18. The molecule has 4 unspecified atom stereocenters. The van der Waals surface area contributed by atoms with Crippen LogP contribution >= 0.6 is 34.0 Å². The molecule has 0 aliphatic heterocycles. The molecule has 2 aromatic carbocycles. The van der Waals surface area contributed by atoms with Crippen molar-refractivity contribution in [1.29, 1.82) is 0 Å². The Kier molecular flexibility index (Phi) is 9.31. The third-order valence-electron chi connectivity index (χ3n) is 12.6. The molecule has 4 fully saturated rings. The van der Waals surface area contributed by atoms with Crippen molar-refractivity contribution in [2.75, 3.05) is 0 Å². The summed E-state index contributed by atoms with van der Waals surface area (Å²) < 4.78 is 17.4. The van der Waals surface area contributed by atoms with Crippen LogP contribution in [0.5, 0.6) is 0 Å². The van der Waals surface area contributed by atoms with Gasteiger partial charge >= 0.3 is 12.2 Å². The second kappa shape index (κ2) is 14.9. The van der Waals surface area contributed by atoms with Crippen LogP contribution in [-0.2, 0) is 41.9 Å². The van der Waals surface area contributed by atoms with E-state index in [0.29, 0.717) is 76.6 Å². The standard InChI is InChI=1S/C46H36N4O8S3/c51-37-25-15-7-8-16-26(25)38(52)33(37)47-31-19-29-41(59-31)43-35(49(29)45(55)57-21-23-11-3-1-4-12-23)36-44(61-43)42-30(50(36)46(56)58-22-24-13-5-2-6-14-24)20-32(60-42)48-34-39(53)27-17-9-10-18-28(27)40(34)54/h1-6,11-14,19-20,25-28H,7-10,15-18,21-22H2. The van der Waals surface area contributed by atoms with Crippen molar-refractivity contribution in [1.82, 2.24) is 9.13 Å². The van der Waals surface area contributed by atoms with Crippen LogP contribution < -0.4 is 0 Å². The van der Waals surface area contributed by atoms with Gasteiger partial charge in [0.05, 0.1) is 40.9 Å². The minimum atomic E-state index is -0.694. The Morgan fingerprint density at radius 2 is 0.885 bits per heavy atom. The van der Waals surface area contributed by atoms with Crippen molar-refractivity contribution in [2.45, 2.75) is 64.6 Å². The van der Waals surface area contributed by atoms with Gasteiger partial charge in [0.1, 0.15) is 23.2 Å². The highest BCUT2D eigenvalue weighted by atomic mass is 32.1. The van der Waals surface area contributed by atoms with E-state index in [1.165, 1.54) is 43.1 Å². The Labute approximate surface area is 359 Å². The molecular formula is C46H36N4O8S3. The predicted octanol–water partition coefficient (Wildman–Crippen LogP) is 10.5. The Hall–Kier alpha value is -5.90. The molecule has 0 saturated heterocycles. The number of thiophene rings is 3. The number of hydrogen-bond donors (Lipinski definition) is 0. The molecule has 5 aromatic heterocycles. The summed E-state index contributed by atoms with van der Waals surface area (Å²) in [6.07, 6.45) is 4.94. The van der Waals surface area contributed by atoms with Gasteiger partial charge in [0.25, 0.3) is 0 Å². The molecule has 0 N–H and O–H groups in total. The van der Waals surface area contributed by atoms with E-state index in [9.17, 15) is 28.8 Å². The Bertz CT molecular complexity index is 2830. The Morgan fingerprint density at radius 3 is 1.25 bits per heavy atom. The van der Waals surface area contributed by atoms with Crippen LogP contribution in [0.1, 0.15) is 62.5 Å². The van der Waals surface area contributed by atoms with Gasteiger partial charge in [-0.2, -0.15) is 0 Å². The smallest absolute Gasteiger partial charge is 0.419 e. The predicted molar refractivity (Wildman–Crippen MR) is 235 cm³/mol. The average Bonchev–Trinajstić information content (AvgIpc) is 4.15. The summed E-state index contributed by atoms with van der Waals surface area (Å²) in [7, 11) is 0. The molecule has 0 bridgehead atoms. The van der Waals surface area contributed by atoms with Gasteiger partial charge in [-0.3, -0.25) is 19.2 Å². The van der Waals surface area contributed by atoms with Crippen molar-refractivity contribution < 1.29 is 38.2 Å². The van der Waals surface area contributed by atoms with Crippen LogP contribution in [0.25, 0.3) is 40.9 Å². The lowest BCUT2D eigenvalue weighted by molar-refractivity contribution is -0.120. The van der Waals surface area contributed by atoms with Gasteiger partial charge in [-0.05, 0) is 48.9 Å². The van der Waals surface area contributed by atoms with Crippen molar-refractivity contribution >= 4 is 132 Å². The number of ketones is 4. The third-order valence-corrected chi connectivity index (χ3v) is 16.2. The topological polar surface area (TPSA) is 155 Å². The second-order valence-electron chi connectivity index (χ2n) is 16.2. The number of carbonyl (C=O) groups is 6. The van der Waals surface area contributed by atoms with Crippen LogP contribution in [0, 0.1) is 23.7 Å². The van der Waals surface area contributed by atoms with Crippen LogP contribution in [-0.4, -0.2) is 55.9 Å². The van der Waals surface area contributed by atoms with Gasteiger partial charge in [0, 0.05) is 23.7 Å². The van der Waals surface area contributed by atoms with Crippen LogP contribution in [0.15, 0.2) is 82.8 Å². The summed E-state index contributed by atoms with van der Waals surface area (Å²) in [4.78, 5) is 92.1. The van der Waals surface area contributed by atoms with E-state index in [0.717, 1.165) is 36.8 Å². The van der Waals surface area contributed by atoms with Gasteiger partial charge in [0.15, 0.2) is 34.6 Å². The number of hydrogen-bond acceptors (Lipinski definition) is 13. The van der Waals surface area contributed by atoms with Crippen molar-refractivity contribution in [3.63, 3.8) is 0 Å². The summed E-state index contributed by atoms with van der Waals surface area (Å²) >= 11 is 3.89. The van der Waals surface area contributed by atoms with Gasteiger partial charge in [-0.15, -0.1) is 34.0 Å². The number of carbonyl (C=O) groups excluding carboxylic acids is 6. The van der Waals surface area contributed by atoms with Gasteiger partial charge in [-0.25, -0.2) is 28.7 Å². The van der Waals surface area contributed by atoms with E-state index < -0.39 is 12.2 Å². The van der Waals surface area contributed by atoms with E-state index in [4.69, 9.17) is 9.47 Å². The van der Waals surface area contributed by atoms with Crippen molar-refractivity contribution in [3.05, 3.63) is 83.9 Å². The van der Waals surface area contributed by atoms with E-state index in [1.54, 1.807) is 12.1 Å². The first-order valence-electron chi connectivity index (χ1n) is 20.6. The zero-order valence-corrected chi connectivity index (χ0v) is 35.0. The molecule has 0 radical (unpaired) electrons. The first-order chi connectivity index (χ1) is 29.7. The maximum atomic E-state index is 14.4. The number of nitrogens with zero attached hydrogens (tertiary/aromatic N) is 4. The van der Waals surface area contributed by atoms with Crippen molar-refractivity contribution in [2.24, 2.45) is 33.7 Å². The molecule has 7 aromatic rings. The van der Waals surface area contributed by atoms with E-state index >= 15 is 0 Å². The molecule has 4 atom stereocenters. The van der Waals surface area contributed by atoms with E-state index in [1.807, 2.05) is 60.7 Å². The lowest BCUT2D eigenvalue weighted by Gasteiger charge is -2.20. The minimum absolute atomic E-state index is 0.0166. The fourth-order valence-electron chi connectivity index (χ4n) is 9.73. The van der Waals surface area contributed by atoms with Gasteiger partial charge < -0.3 is 9.47 Å². The van der Waals surface area contributed by atoms with Crippen LogP contribution in [0.2, 0.25) is 0 Å². The number of aliphatic imine (C=N–C) groups is 2. The molecule has 4 aliphatic carbocycles. The molecular weight excluding hydrogens is 833 g/mol. The molecule has 4 saturated carbocycles. The first kappa shape index (κ1) is 38.1. The SMILES string of the molecule is O=C1C(=Nc2cc3c(s2)c2sc4c5sc(N=C6C(=O)C7CCCCC7C6=O)cc5n(C(=O)OCc5ccccc5)c4c2n3C(=O)OCc2ccccc2)C(=O)C2CCCCC12. The number of benzene rings is 2. The summed E-state index contributed by atoms with van der Waals surface area (Å²) in [5.74, 6) is -2.20. The fourth-order valence-corrected chi connectivity index (χ4v) is 13.3. The monoisotopic (exact) mass is 868 g/mol. The minimum Gasteiger partial charge on any atom is -0.444 e. The highest BCUT2D eigenvalue weighted by Crippen LogP contribution is 2.52. The maximum absolute atomic E-state index is 14.4. The maximum Gasteiger partial charge on any atom is 0.419 e. The fraction of sp³-hybridized carbons (Fsp3) is 0.304. The summed E-state index contributed by atoms with van der Waals surface area (Å²) in [5.41, 5.74) is 3.27. The quantitative estimate of drug-likeness (QED) is 0.160. The number of ether oxygens (including phenoxy) is 2. The normalized spacial score (nSPS) is 21.6. The summed E-state index contributed by atoms with van der Waals surface area (Å²) in [6.45, 7) is -0.0332. The van der Waals surface area contributed by atoms with Gasteiger partial charge in [0.2, 0.25) is 0 Å². The summed E-state index contributed by atoms with van der Waals surface area (Å²) in [5, 5.41) is 0.807. The lowest BCUT2D eigenvalue weighted by atomic mass is 9.81. The highest BCUT2D eigenvalue weighted by Gasteiger charge is 2.49. The van der Waals surface area contributed by atoms with Crippen LogP contribution in [0.4, 0.5) is 19.6 Å². The molecule has 5 heterocycles. The average molecular weight is 869 g/mol. The largest absolute Gasteiger partial charge is 0.444 e. The molecule has 12 nitrogen and oxygen atoms in total.